The van der Waals surface area contributed by atoms with Crippen molar-refractivity contribution in [1.82, 2.24) is 9.38 Å². The minimum absolute atomic E-state index is 0.563. The standard InChI is InChI=1S/C28H26N3O/c1-7-21-24(8-2)32-28(29-21)25(26-19(5)17(3)22-13-9-11-15-30(22)26)27-20(6)18(4)23-14-10-12-16-31(23)27/h7-16H,1-2H2,3-6H3/q+1. The molecule has 0 N–H and O–H groups in total. The number of pyridine rings is 2. The van der Waals surface area contributed by atoms with Crippen molar-refractivity contribution in [2.45, 2.75) is 27.7 Å². The van der Waals surface area contributed by atoms with Gasteiger partial charge in [-0.15, -0.1) is 0 Å². The first-order valence-electron chi connectivity index (χ1n) is 10.7. The van der Waals surface area contributed by atoms with Gasteiger partial charge in [0.25, 0.3) is 0 Å². The number of hydrogen-bond donors (Lipinski definition) is 0. The van der Waals surface area contributed by atoms with Crippen LogP contribution in [0, 0.1) is 13.8 Å². The molecule has 32 heavy (non-hydrogen) atoms. The van der Waals surface area contributed by atoms with Gasteiger partial charge in [0, 0.05) is 35.0 Å². The molecule has 4 heteroatoms. The second-order valence-electron chi connectivity index (χ2n) is 8.16. The highest BCUT2D eigenvalue weighted by atomic mass is 16.4. The Morgan fingerprint density at radius 1 is 0.969 bits per heavy atom. The third-order valence-corrected chi connectivity index (χ3v) is 6.55. The van der Waals surface area contributed by atoms with Crippen LogP contribution in [0.25, 0.3) is 34.5 Å². The number of aromatic nitrogens is 3. The maximum Gasteiger partial charge on any atom is 0.236 e. The molecule has 0 aliphatic carbocycles. The molecular formula is C28H26N3O+. The first kappa shape index (κ1) is 20.0. The van der Waals surface area contributed by atoms with Gasteiger partial charge in [0.2, 0.25) is 17.3 Å². The fourth-order valence-corrected chi connectivity index (χ4v) is 4.66. The lowest BCUT2D eigenvalue weighted by Crippen LogP contribution is -2.33. The van der Waals surface area contributed by atoms with Crippen molar-refractivity contribution in [3.63, 3.8) is 0 Å². The Balaban J connectivity index is 1.98. The molecule has 4 nitrogen and oxygen atoms in total. The Hall–Kier alpha value is -3.92. The zero-order valence-electron chi connectivity index (χ0n) is 18.9. The number of rotatable bonds is 4. The quantitative estimate of drug-likeness (QED) is 0.361. The molecule has 0 atom stereocenters. The van der Waals surface area contributed by atoms with E-state index in [9.17, 15) is 0 Å². The van der Waals surface area contributed by atoms with E-state index in [4.69, 9.17) is 9.40 Å². The first-order chi connectivity index (χ1) is 15.5. The van der Waals surface area contributed by atoms with Gasteiger partial charge < -0.3 is 8.82 Å². The van der Waals surface area contributed by atoms with E-state index in [0.717, 1.165) is 17.0 Å². The van der Waals surface area contributed by atoms with Gasteiger partial charge in [-0.3, -0.25) is 0 Å². The van der Waals surface area contributed by atoms with Crippen molar-refractivity contribution in [2.75, 3.05) is 0 Å². The largest absolute Gasteiger partial charge is 0.436 e. The molecule has 5 rings (SSSR count). The third-order valence-electron chi connectivity index (χ3n) is 6.55. The summed E-state index contributed by atoms with van der Waals surface area (Å²) < 4.78 is 10.8. The summed E-state index contributed by atoms with van der Waals surface area (Å²) in [6.45, 7) is 16.5. The van der Waals surface area contributed by atoms with Crippen LogP contribution >= 0.6 is 0 Å². The fourth-order valence-electron chi connectivity index (χ4n) is 4.66. The maximum atomic E-state index is 6.29. The van der Waals surface area contributed by atoms with Crippen LogP contribution in [0.4, 0.5) is 0 Å². The van der Waals surface area contributed by atoms with Gasteiger partial charge in [-0.25, -0.2) is 4.98 Å². The first-order valence-corrected chi connectivity index (χ1v) is 10.7. The van der Waals surface area contributed by atoms with Crippen LogP contribution in [0.1, 0.15) is 53.7 Å². The molecule has 0 bridgehead atoms. The van der Waals surface area contributed by atoms with Crippen LogP contribution in [0.5, 0.6) is 0 Å². The van der Waals surface area contributed by atoms with E-state index >= 15 is 0 Å². The van der Waals surface area contributed by atoms with Crippen LogP contribution in [0.15, 0.2) is 71.9 Å². The minimum atomic E-state index is 0.563. The van der Waals surface area contributed by atoms with Crippen LogP contribution in [0.2, 0.25) is 0 Å². The van der Waals surface area contributed by atoms with Crippen LogP contribution < -0.4 is 4.57 Å². The fraction of sp³-hybridized carbons (Fsp3) is 0.143. The molecule has 0 amide bonds. The van der Waals surface area contributed by atoms with Gasteiger partial charge in [-0.1, -0.05) is 19.2 Å². The minimum Gasteiger partial charge on any atom is -0.436 e. The van der Waals surface area contributed by atoms with Gasteiger partial charge in [0.15, 0.2) is 12.0 Å². The van der Waals surface area contributed by atoms with Gasteiger partial charge in [-0.2, -0.15) is 4.57 Å². The molecule has 5 heterocycles. The molecule has 0 fully saturated rings. The monoisotopic (exact) mass is 420 g/mol. The summed E-state index contributed by atoms with van der Waals surface area (Å²) in [7, 11) is 0. The highest BCUT2D eigenvalue weighted by Crippen LogP contribution is 2.40. The van der Waals surface area contributed by atoms with E-state index in [1.807, 2.05) is 0 Å². The molecule has 4 aromatic rings. The van der Waals surface area contributed by atoms with E-state index in [0.29, 0.717) is 17.3 Å². The topological polar surface area (TPSA) is 34.3 Å². The molecule has 0 spiro atoms. The molecule has 4 aromatic heterocycles. The summed E-state index contributed by atoms with van der Waals surface area (Å²) in [5.74, 6) is 1.19. The third kappa shape index (κ3) is 2.69. The second-order valence-corrected chi connectivity index (χ2v) is 8.16. The molecular weight excluding hydrogens is 394 g/mol. The van der Waals surface area contributed by atoms with E-state index in [1.165, 1.54) is 33.5 Å². The van der Waals surface area contributed by atoms with E-state index < -0.39 is 0 Å². The Bertz CT molecular complexity index is 1460. The predicted octanol–water partition coefficient (Wildman–Crippen LogP) is 6.34. The molecule has 1 aliphatic rings. The average molecular weight is 421 g/mol. The Morgan fingerprint density at radius 2 is 1.75 bits per heavy atom. The number of hydrogen-bond acceptors (Lipinski definition) is 2. The molecule has 158 valence electrons. The predicted molar refractivity (Wildman–Crippen MR) is 131 cm³/mol. The molecule has 0 unspecified atom stereocenters. The Kier molecular flexibility index (Phi) is 4.59. The zero-order valence-corrected chi connectivity index (χ0v) is 18.9. The Morgan fingerprint density at radius 3 is 2.47 bits per heavy atom. The number of allylic oxidation sites excluding steroid dienone is 3. The lowest BCUT2D eigenvalue weighted by Gasteiger charge is -2.09. The van der Waals surface area contributed by atoms with Gasteiger partial charge in [0.05, 0.1) is 5.69 Å². The van der Waals surface area contributed by atoms with Gasteiger partial charge in [0.1, 0.15) is 11.3 Å². The summed E-state index contributed by atoms with van der Waals surface area (Å²) in [4.78, 5) is 4.85. The highest BCUT2D eigenvalue weighted by Gasteiger charge is 2.37. The lowest BCUT2D eigenvalue weighted by molar-refractivity contribution is -0.577. The summed E-state index contributed by atoms with van der Waals surface area (Å²) >= 11 is 0. The molecule has 0 radical (unpaired) electrons. The average Bonchev–Trinajstić information content (AvgIpc) is 3.43. The van der Waals surface area contributed by atoms with Crippen molar-refractivity contribution < 1.29 is 8.98 Å². The summed E-state index contributed by atoms with van der Waals surface area (Å²) in [5.41, 5.74) is 11.0. The van der Waals surface area contributed by atoms with Crippen molar-refractivity contribution in [3.05, 3.63) is 107 Å². The second kappa shape index (κ2) is 7.34. The molecule has 0 saturated carbocycles. The van der Waals surface area contributed by atoms with Crippen molar-refractivity contribution in [2.24, 2.45) is 0 Å². The van der Waals surface area contributed by atoms with E-state index in [2.05, 4.69) is 98.6 Å². The summed E-state index contributed by atoms with van der Waals surface area (Å²) in [6, 6.07) is 12.6. The van der Waals surface area contributed by atoms with Crippen LogP contribution in [-0.2, 0) is 0 Å². The number of aryl methyl sites for hydroxylation is 1. The lowest BCUT2D eigenvalue weighted by atomic mass is 10.00. The van der Waals surface area contributed by atoms with Crippen molar-refractivity contribution in [1.29, 1.82) is 0 Å². The molecule has 0 aromatic carbocycles. The highest BCUT2D eigenvalue weighted by molar-refractivity contribution is 5.99. The normalized spacial score (nSPS) is 14.8. The van der Waals surface area contributed by atoms with Crippen LogP contribution in [-0.4, -0.2) is 9.38 Å². The smallest absolute Gasteiger partial charge is 0.236 e. The maximum absolute atomic E-state index is 6.29. The summed E-state index contributed by atoms with van der Waals surface area (Å²) in [6.07, 6.45) is 7.61. The van der Waals surface area contributed by atoms with Crippen molar-refractivity contribution in [3.8, 4) is 0 Å². The van der Waals surface area contributed by atoms with Gasteiger partial charge in [-0.05, 0) is 69.2 Å². The van der Waals surface area contributed by atoms with E-state index in [1.54, 1.807) is 12.2 Å². The van der Waals surface area contributed by atoms with E-state index in [-0.39, 0.29) is 0 Å². The molecule has 1 aliphatic heterocycles. The van der Waals surface area contributed by atoms with Crippen LogP contribution in [0.3, 0.4) is 0 Å². The van der Waals surface area contributed by atoms with Gasteiger partial charge >= 0.3 is 0 Å². The number of nitrogens with zero attached hydrogens (tertiary/aromatic N) is 3. The number of oxazole rings is 1. The zero-order chi connectivity index (χ0) is 22.6. The SMILES string of the molecule is C=Cc1nc(/C(=C2/C(C)=C(C)c3cccc[n+]32)c2c(C)c(C)c3ccccn23)oc1C=C. The van der Waals surface area contributed by atoms with Crippen molar-refractivity contribution >= 4 is 34.5 Å². The number of fused-ring (bicyclic) bond motifs is 2. The summed E-state index contributed by atoms with van der Waals surface area (Å²) in [5, 5.41) is 0. The molecule has 0 saturated heterocycles. The Labute approximate surface area is 188 Å².